The molecule has 7 heteroatoms. The van der Waals surface area contributed by atoms with Gasteiger partial charge in [0.05, 0.1) is 10.8 Å². The second kappa shape index (κ2) is 6.36. The number of aromatic carboxylic acids is 1. The maximum Gasteiger partial charge on any atom is 0.371 e. The van der Waals surface area contributed by atoms with Crippen molar-refractivity contribution in [1.82, 2.24) is 0 Å². The van der Waals surface area contributed by atoms with E-state index in [-0.39, 0.29) is 16.6 Å². The van der Waals surface area contributed by atoms with Gasteiger partial charge in [0.1, 0.15) is 5.75 Å². The van der Waals surface area contributed by atoms with Gasteiger partial charge in [-0.15, -0.1) is 0 Å². The highest BCUT2D eigenvalue weighted by atomic mass is 32.2. The second-order valence-electron chi connectivity index (χ2n) is 4.28. The SMILES string of the molecule is Cc1ccccc1NC(=O)CS(=O)c1ccc(C(=O)O)o1. The Bertz CT molecular complexity index is 707. The van der Waals surface area contributed by atoms with Crippen LogP contribution in [0.3, 0.4) is 0 Å². The van der Waals surface area contributed by atoms with Crippen LogP contribution in [-0.4, -0.2) is 26.9 Å². The summed E-state index contributed by atoms with van der Waals surface area (Å²) in [4.78, 5) is 22.5. The van der Waals surface area contributed by atoms with Crippen molar-refractivity contribution in [2.45, 2.75) is 12.0 Å². The Morgan fingerprint density at radius 1 is 1.24 bits per heavy atom. The van der Waals surface area contributed by atoms with E-state index in [1.165, 1.54) is 12.1 Å². The number of carboxylic acids is 1. The molecule has 0 aliphatic heterocycles. The quantitative estimate of drug-likeness (QED) is 0.881. The van der Waals surface area contributed by atoms with E-state index < -0.39 is 22.7 Å². The van der Waals surface area contributed by atoms with E-state index in [9.17, 15) is 13.8 Å². The number of nitrogens with one attached hydrogen (secondary N) is 1. The summed E-state index contributed by atoms with van der Waals surface area (Å²) in [7, 11) is -1.73. The molecule has 21 heavy (non-hydrogen) atoms. The van der Waals surface area contributed by atoms with Crippen LogP contribution < -0.4 is 5.32 Å². The topological polar surface area (TPSA) is 96.6 Å². The lowest BCUT2D eigenvalue weighted by atomic mass is 10.2. The Balaban J connectivity index is 2.00. The summed E-state index contributed by atoms with van der Waals surface area (Å²) >= 11 is 0. The third-order valence-electron chi connectivity index (χ3n) is 2.70. The maximum absolute atomic E-state index is 11.9. The average molecular weight is 307 g/mol. The first-order valence-electron chi connectivity index (χ1n) is 6.04. The fourth-order valence-electron chi connectivity index (χ4n) is 1.65. The van der Waals surface area contributed by atoms with Crippen LogP contribution >= 0.6 is 0 Å². The third kappa shape index (κ3) is 3.79. The first kappa shape index (κ1) is 15.0. The van der Waals surface area contributed by atoms with Gasteiger partial charge in [-0.25, -0.2) is 4.79 Å². The fourth-order valence-corrected chi connectivity index (χ4v) is 2.50. The minimum absolute atomic E-state index is 0.0349. The van der Waals surface area contributed by atoms with Crippen molar-refractivity contribution < 1.29 is 23.3 Å². The van der Waals surface area contributed by atoms with Gasteiger partial charge in [0.15, 0.2) is 5.09 Å². The van der Waals surface area contributed by atoms with E-state index in [1.54, 1.807) is 12.1 Å². The zero-order valence-electron chi connectivity index (χ0n) is 11.2. The lowest BCUT2D eigenvalue weighted by Crippen LogP contribution is -2.19. The summed E-state index contributed by atoms with van der Waals surface area (Å²) in [5.41, 5.74) is 1.54. The molecule has 110 valence electrons. The number of furan rings is 1. The van der Waals surface area contributed by atoms with Crippen molar-refractivity contribution in [2.75, 3.05) is 11.1 Å². The highest BCUT2D eigenvalue weighted by molar-refractivity contribution is 7.85. The van der Waals surface area contributed by atoms with Crippen molar-refractivity contribution in [3.8, 4) is 0 Å². The molecule has 2 rings (SSSR count). The third-order valence-corrected chi connectivity index (χ3v) is 3.89. The maximum atomic E-state index is 11.9. The van der Waals surface area contributed by atoms with Crippen LogP contribution in [0.25, 0.3) is 0 Å². The van der Waals surface area contributed by atoms with Crippen LogP contribution in [0, 0.1) is 6.92 Å². The van der Waals surface area contributed by atoms with E-state index in [2.05, 4.69) is 5.32 Å². The molecule has 1 amide bonds. The molecular weight excluding hydrogens is 294 g/mol. The fraction of sp³-hybridized carbons (Fsp3) is 0.143. The summed E-state index contributed by atoms with van der Waals surface area (Å²) in [6.45, 7) is 1.85. The number of carbonyl (C=O) groups excluding carboxylic acids is 1. The number of anilines is 1. The standard InChI is InChI=1S/C14H13NO5S/c1-9-4-2-3-5-10(9)15-12(16)8-21(19)13-7-6-11(20-13)14(17)18/h2-7H,8H2,1H3,(H,15,16)(H,17,18). The molecule has 0 saturated carbocycles. The van der Waals surface area contributed by atoms with Crippen LogP contribution in [0.15, 0.2) is 45.9 Å². The predicted molar refractivity (Wildman–Crippen MR) is 76.8 cm³/mol. The Morgan fingerprint density at radius 3 is 2.57 bits per heavy atom. The van der Waals surface area contributed by atoms with Gasteiger partial charge in [0.25, 0.3) is 0 Å². The molecule has 1 heterocycles. The number of hydrogen-bond acceptors (Lipinski definition) is 4. The van der Waals surface area contributed by atoms with Crippen molar-refractivity contribution in [3.05, 3.63) is 47.7 Å². The molecule has 0 saturated heterocycles. The summed E-state index contributed by atoms with van der Waals surface area (Å²) in [5.74, 6) is -2.29. The molecule has 1 atom stereocenters. The molecule has 0 radical (unpaired) electrons. The molecule has 1 aromatic heterocycles. The number of carbonyl (C=O) groups is 2. The van der Waals surface area contributed by atoms with Crippen molar-refractivity contribution in [2.24, 2.45) is 0 Å². The zero-order chi connectivity index (χ0) is 15.4. The van der Waals surface area contributed by atoms with Crippen LogP contribution in [0.2, 0.25) is 0 Å². The molecule has 0 aliphatic carbocycles. The van der Waals surface area contributed by atoms with Crippen molar-refractivity contribution >= 4 is 28.4 Å². The Labute approximate surface area is 123 Å². The Kier molecular flexibility index (Phi) is 4.54. The van der Waals surface area contributed by atoms with E-state index in [4.69, 9.17) is 9.52 Å². The molecule has 1 aromatic carbocycles. The molecule has 2 N–H and O–H groups in total. The summed E-state index contributed by atoms with van der Waals surface area (Å²) in [6.07, 6.45) is 0. The van der Waals surface area contributed by atoms with E-state index in [0.717, 1.165) is 5.56 Å². The summed E-state index contributed by atoms with van der Waals surface area (Å²) < 4.78 is 16.8. The predicted octanol–water partition coefficient (Wildman–Crippen LogP) is 2.03. The lowest BCUT2D eigenvalue weighted by Gasteiger charge is -2.07. The first-order valence-corrected chi connectivity index (χ1v) is 7.36. The van der Waals surface area contributed by atoms with Crippen molar-refractivity contribution in [1.29, 1.82) is 0 Å². The van der Waals surface area contributed by atoms with Gasteiger partial charge in [0.2, 0.25) is 11.7 Å². The van der Waals surface area contributed by atoms with E-state index >= 15 is 0 Å². The smallest absolute Gasteiger partial charge is 0.371 e. The number of amides is 1. The lowest BCUT2D eigenvalue weighted by molar-refractivity contribution is -0.113. The highest BCUT2D eigenvalue weighted by Crippen LogP contribution is 2.15. The van der Waals surface area contributed by atoms with Crippen LogP contribution in [0.5, 0.6) is 0 Å². The largest absolute Gasteiger partial charge is 0.475 e. The highest BCUT2D eigenvalue weighted by Gasteiger charge is 2.17. The molecule has 2 aromatic rings. The first-order chi connectivity index (χ1) is 9.97. The monoisotopic (exact) mass is 307 g/mol. The van der Waals surface area contributed by atoms with Gasteiger partial charge >= 0.3 is 5.97 Å². The van der Waals surface area contributed by atoms with Gasteiger partial charge in [-0.3, -0.25) is 9.00 Å². The molecular formula is C14H13NO5S. The van der Waals surface area contributed by atoms with Crippen molar-refractivity contribution in [3.63, 3.8) is 0 Å². The van der Waals surface area contributed by atoms with E-state index in [0.29, 0.717) is 5.69 Å². The van der Waals surface area contributed by atoms with Gasteiger partial charge in [-0.2, -0.15) is 0 Å². The summed E-state index contributed by atoms with van der Waals surface area (Å²) in [6, 6.07) is 9.71. The van der Waals surface area contributed by atoms with Crippen LogP contribution in [-0.2, 0) is 15.6 Å². The number of benzene rings is 1. The molecule has 0 bridgehead atoms. The van der Waals surface area contributed by atoms with Gasteiger partial charge in [-0.1, -0.05) is 18.2 Å². The molecule has 0 aliphatic rings. The average Bonchev–Trinajstić information content (AvgIpc) is 2.91. The number of rotatable bonds is 5. The van der Waals surface area contributed by atoms with E-state index in [1.807, 2.05) is 19.1 Å². The number of hydrogen-bond donors (Lipinski definition) is 2. The molecule has 0 fully saturated rings. The van der Waals surface area contributed by atoms with Crippen LogP contribution in [0.1, 0.15) is 16.1 Å². The number of para-hydroxylation sites is 1. The molecule has 0 spiro atoms. The minimum atomic E-state index is -1.73. The van der Waals surface area contributed by atoms with Gasteiger partial charge in [-0.05, 0) is 30.7 Å². The Morgan fingerprint density at radius 2 is 1.95 bits per heavy atom. The minimum Gasteiger partial charge on any atom is -0.475 e. The van der Waals surface area contributed by atoms with Crippen LogP contribution in [0.4, 0.5) is 5.69 Å². The number of carboxylic acid groups (broad SMARTS) is 1. The van der Waals surface area contributed by atoms with Gasteiger partial charge < -0.3 is 14.8 Å². The molecule has 1 unspecified atom stereocenters. The Hall–Kier alpha value is -2.41. The molecule has 6 nitrogen and oxygen atoms in total. The second-order valence-corrected chi connectivity index (χ2v) is 5.66. The zero-order valence-corrected chi connectivity index (χ0v) is 12.0. The summed E-state index contributed by atoms with van der Waals surface area (Å²) in [5, 5.41) is 11.3. The number of aryl methyl sites for hydroxylation is 1. The van der Waals surface area contributed by atoms with Gasteiger partial charge in [0, 0.05) is 5.69 Å². The normalized spacial score (nSPS) is 11.9.